The predicted molar refractivity (Wildman–Crippen MR) is 79.3 cm³/mol. The SMILES string of the molecule is CC(C)(C)CCCOC(=O)CCC(=O)OCC(C)(C)C. The Kier molecular flexibility index (Phi) is 7.84. The number of carbonyl (C=O) groups excluding carboxylic acids is 2. The summed E-state index contributed by atoms with van der Waals surface area (Å²) in [6.45, 7) is 13.2. The number of ether oxygens (including phenoxy) is 2. The Labute approximate surface area is 123 Å². The van der Waals surface area contributed by atoms with Gasteiger partial charge in [-0.2, -0.15) is 0 Å². The molecule has 20 heavy (non-hydrogen) atoms. The zero-order chi connectivity index (χ0) is 15.8. The van der Waals surface area contributed by atoms with Gasteiger partial charge in [-0.25, -0.2) is 0 Å². The quantitative estimate of drug-likeness (QED) is 0.528. The second-order valence-corrected chi connectivity index (χ2v) is 7.61. The molecule has 0 amide bonds. The van der Waals surface area contributed by atoms with E-state index in [-0.39, 0.29) is 35.6 Å². The first-order valence-electron chi connectivity index (χ1n) is 7.31. The molecule has 0 saturated heterocycles. The summed E-state index contributed by atoms with van der Waals surface area (Å²) in [7, 11) is 0. The van der Waals surface area contributed by atoms with Crippen molar-refractivity contribution in [2.75, 3.05) is 13.2 Å². The number of hydrogen-bond acceptors (Lipinski definition) is 4. The Morgan fingerprint density at radius 1 is 0.800 bits per heavy atom. The molecule has 0 aromatic carbocycles. The minimum Gasteiger partial charge on any atom is -0.466 e. The van der Waals surface area contributed by atoms with Gasteiger partial charge < -0.3 is 9.47 Å². The molecule has 0 unspecified atom stereocenters. The van der Waals surface area contributed by atoms with Gasteiger partial charge in [0.1, 0.15) is 0 Å². The van der Waals surface area contributed by atoms with Gasteiger partial charge in [0.25, 0.3) is 0 Å². The van der Waals surface area contributed by atoms with Gasteiger partial charge in [-0.05, 0) is 23.7 Å². The summed E-state index contributed by atoms with van der Waals surface area (Å²) in [4.78, 5) is 22.9. The number of rotatable bonds is 7. The van der Waals surface area contributed by atoms with Crippen molar-refractivity contribution in [1.29, 1.82) is 0 Å². The Bertz CT molecular complexity index is 307. The van der Waals surface area contributed by atoms with Crippen molar-refractivity contribution in [2.24, 2.45) is 10.8 Å². The molecule has 0 rings (SSSR count). The minimum atomic E-state index is -0.341. The molecule has 0 aliphatic rings. The van der Waals surface area contributed by atoms with Crippen LogP contribution in [0.1, 0.15) is 67.2 Å². The lowest BCUT2D eigenvalue weighted by Gasteiger charge is -2.18. The molecule has 0 aliphatic carbocycles. The van der Waals surface area contributed by atoms with E-state index in [1.54, 1.807) is 0 Å². The lowest BCUT2D eigenvalue weighted by atomic mass is 9.91. The average Bonchev–Trinajstić information content (AvgIpc) is 2.27. The van der Waals surface area contributed by atoms with E-state index < -0.39 is 0 Å². The summed E-state index contributed by atoms with van der Waals surface area (Å²) in [5, 5.41) is 0. The molecule has 0 aromatic heterocycles. The second kappa shape index (κ2) is 8.28. The topological polar surface area (TPSA) is 52.6 Å². The first-order valence-corrected chi connectivity index (χ1v) is 7.31. The maximum absolute atomic E-state index is 11.4. The monoisotopic (exact) mass is 286 g/mol. The highest BCUT2D eigenvalue weighted by Gasteiger charge is 2.15. The third kappa shape index (κ3) is 13.4. The highest BCUT2D eigenvalue weighted by molar-refractivity contribution is 5.77. The fourth-order valence-electron chi connectivity index (χ4n) is 1.43. The smallest absolute Gasteiger partial charge is 0.306 e. The molecule has 4 nitrogen and oxygen atoms in total. The molecule has 0 N–H and O–H groups in total. The van der Waals surface area contributed by atoms with Gasteiger partial charge in [0, 0.05) is 0 Å². The summed E-state index contributed by atoms with van der Waals surface area (Å²) in [5.74, 6) is -0.668. The summed E-state index contributed by atoms with van der Waals surface area (Å²) in [6, 6.07) is 0. The van der Waals surface area contributed by atoms with Gasteiger partial charge in [0.15, 0.2) is 0 Å². The number of carbonyl (C=O) groups is 2. The number of hydrogen-bond donors (Lipinski definition) is 0. The van der Waals surface area contributed by atoms with Gasteiger partial charge in [-0.1, -0.05) is 41.5 Å². The van der Waals surface area contributed by atoms with Crippen molar-refractivity contribution in [3.8, 4) is 0 Å². The standard InChI is InChI=1S/C16H30O4/c1-15(2,3)10-7-11-19-13(17)8-9-14(18)20-12-16(4,5)6/h7-12H2,1-6H3. The van der Waals surface area contributed by atoms with E-state index in [1.807, 2.05) is 20.8 Å². The van der Waals surface area contributed by atoms with Crippen LogP contribution in [0.5, 0.6) is 0 Å². The van der Waals surface area contributed by atoms with Crippen LogP contribution in [0.25, 0.3) is 0 Å². The minimum absolute atomic E-state index is 0.0525. The molecule has 0 bridgehead atoms. The van der Waals surface area contributed by atoms with Crippen LogP contribution >= 0.6 is 0 Å². The zero-order valence-corrected chi connectivity index (χ0v) is 13.9. The fraction of sp³-hybridized carbons (Fsp3) is 0.875. The van der Waals surface area contributed by atoms with Gasteiger partial charge in [0.2, 0.25) is 0 Å². The highest BCUT2D eigenvalue weighted by Crippen LogP contribution is 2.20. The van der Waals surface area contributed by atoms with Crippen molar-refractivity contribution in [1.82, 2.24) is 0 Å². The van der Waals surface area contributed by atoms with Gasteiger partial charge in [-0.15, -0.1) is 0 Å². The van der Waals surface area contributed by atoms with E-state index in [0.29, 0.717) is 13.2 Å². The first kappa shape index (κ1) is 18.9. The molecule has 0 aromatic rings. The largest absolute Gasteiger partial charge is 0.466 e. The molecule has 0 spiro atoms. The molecule has 118 valence electrons. The predicted octanol–water partition coefficient (Wildman–Crippen LogP) is 3.73. The van der Waals surface area contributed by atoms with Crippen LogP contribution in [0, 0.1) is 10.8 Å². The maximum atomic E-state index is 11.4. The van der Waals surface area contributed by atoms with Crippen molar-refractivity contribution in [2.45, 2.75) is 67.2 Å². The summed E-state index contributed by atoms with van der Waals surface area (Å²) in [6.07, 6.45) is 2.05. The van der Waals surface area contributed by atoms with Gasteiger partial charge >= 0.3 is 11.9 Å². The lowest BCUT2D eigenvalue weighted by molar-refractivity contribution is -0.152. The van der Waals surface area contributed by atoms with Crippen LogP contribution in [0.4, 0.5) is 0 Å². The van der Waals surface area contributed by atoms with E-state index in [2.05, 4.69) is 20.8 Å². The Balaban J connectivity index is 3.65. The van der Waals surface area contributed by atoms with Crippen LogP contribution in [0.2, 0.25) is 0 Å². The van der Waals surface area contributed by atoms with Crippen LogP contribution in [0.15, 0.2) is 0 Å². The molecule has 4 heteroatoms. The maximum Gasteiger partial charge on any atom is 0.306 e. The first-order chi connectivity index (χ1) is 8.99. The highest BCUT2D eigenvalue weighted by atomic mass is 16.5. The Morgan fingerprint density at radius 2 is 1.30 bits per heavy atom. The van der Waals surface area contributed by atoms with Crippen LogP contribution in [-0.4, -0.2) is 25.2 Å². The summed E-state index contributed by atoms with van der Waals surface area (Å²) in [5.41, 5.74) is 0.201. The average molecular weight is 286 g/mol. The molecule has 0 aliphatic heterocycles. The molecule has 0 radical (unpaired) electrons. The van der Waals surface area contributed by atoms with Crippen molar-refractivity contribution >= 4 is 11.9 Å². The molecule has 0 heterocycles. The van der Waals surface area contributed by atoms with Gasteiger partial charge in [-0.3, -0.25) is 9.59 Å². The van der Waals surface area contributed by atoms with E-state index in [9.17, 15) is 9.59 Å². The van der Waals surface area contributed by atoms with Gasteiger partial charge in [0.05, 0.1) is 26.1 Å². The normalized spacial score (nSPS) is 12.1. The van der Waals surface area contributed by atoms with E-state index in [0.717, 1.165) is 12.8 Å². The van der Waals surface area contributed by atoms with Crippen molar-refractivity contribution in [3.63, 3.8) is 0 Å². The molecule has 0 fully saturated rings. The molecular formula is C16H30O4. The summed E-state index contributed by atoms with van der Waals surface area (Å²) < 4.78 is 10.2. The van der Waals surface area contributed by atoms with Crippen molar-refractivity contribution in [3.05, 3.63) is 0 Å². The van der Waals surface area contributed by atoms with E-state index in [4.69, 9.17) is 9.47 Å². The zero-order valence-electron chi connectivity index (χ0n) is 13.9. The van der Waals surface area contributed by atoms with Crippen molar-refractivity contribution < 1.29 is 19.1 Å². The molecule has 0 saturated carbocycles. The molecule has 0 atom stereocenters. The summed E-state index contributed by atoms with van der Waals surface area (Å²) >= 11 is 0. The molecular weight excluding hydrogens is 256 g/mol. The van der Waals surface area contributed by atoms with Crippen LogP contribution in [0.3, 0.4) is 0 Å². The third-order valence-electron chi connectivity index (χ3n) is 2.53. The Morgan fingerprint density at radius 3 is 1.75 bits per heavy atom. The lowest BCUT2D eigenvalue weighted by Crippen LogP contribution is -2.19. The third-order valence-corrected chi connectivity index (χ3v) is 2.53. The van der Waals surface area contributed by atoms with E-state index in [1.165, 1.54) is 0 Å². The Hall–Kier alpha value is -1.06. The van der Waals surface area contributed by atoms with E-state index >= 15 is 0 Å². The fourth-order valence-corrected chi connectivity index (χ4v) is 1.43. The second-order valence-electron chi connectivity index (χ2n) is 7.61. The van der Waals surface area contributed by atoms with Crippen LogP contribution < -0.4 is 0 Å². The van der Waals surface area contributed by atoms with Crippen LogP contribution in [-0.2, 0) is 19.1 Å². The number of esters is 2.